The summed E-state index contributed by atoms with van der Waals surface area (Å²) in [5.41, 5.74) is 7.27. The number of hydrogen-bond donors (Lipinski definition) is 2. The fourth-order valence-corrected chi connectivity index (χ4v) is 3.18. The van der Waals surface area contributed by atoms with Gasteiger partial charge in [0.15, 0.2) is 5.84 Å². The Hall–Kier alpha value is -1.62. The topological polar surface area (TPSA) is 74.7 Å². The lowest BCUT2D eigenvalue weighted by Crippen LogP contribution is -2.38. The molecule has 110 valence electrons. The van der Waals surface area contributed by atoms with Crippen LogP contribution in [0.1, 0.15) is 43.9 Å². The average Bonchev–Trinajstić information content (AvgIpc) is 2.47. The van der Waals surface area contributed by atoms with Crippen molar-refractivity contribution in [3.8, 4) is 0 Å². The SMILES string of the molecule is CC1CCCCC1N(C)Cc1cccnc1C(N)=NO. The van der Waals surface area contributed by atoms with Crippen LogP contribution in [0, 0.1) is 5.92 Å². The highest BCUT2D eigenvalue weighted by Crippen LogP contribution is 2.28. The summed E-state index contributed by atoms with van der Waals surface area (Å²) in [7, 11) is 2.15. The van der Waals surface area contributed by atoms with E-state index in [2.05, 4.69) is 29.0 Å². The highest BCUT2D eigenvalue weighted by molar-refractivity contribution is 5.96. The van der Waals surface area contributed by atoms with Crippen LogP contribution < -0.4 is 5.73 Å². The largest absolute Gasteiger partial charge is 0.409 e. The average molecular weight is 276 g/mol. The molecule has 1 aliphatic rings. The molecule has 2 unspecified atom stereocenters. The predicted molar refractivity (Wildman–Crippen MR) is 79.6 cm³/mol. The Morgan fingerprint density at radius 3 is 2.95 bits per heavy atom. The fraction of sp³-hybridized carbons (Fsp3) is 0.600. The molecule has 5 heteroatoms. The van der Waals surface area contributed by atoms with E-state index in [-0.39, 0.29) is 5.84 Å². The van der Waals surface area contributed by atoms with Gasteiger partial charge in [0.2, 0.25) is 0 Å². The van der Waals surface area contributed by atoms with Crippen molar-refractivity contribution >= 4 is 5.84 Å². The van der Waals surface area contributed by atoms with E-state index in [1.165, 1.54) is 25.7 Å². The summed E-state index contributed by atoms with van der Waals surface area (Å²) in [5, 5.41) is 11.9. The number of amidine groups is 1. The Labute approximate surface area is 120 Å². The van der Waals surface area contributed by atoms with Crippen LogP contribution in [0.15, 0.2) is 23.5 Å². The monoisotopic (exact) mass is 276 g/mol. The molecule has 0 bridgehead atoms. The Kier molecular flexibility index (Phi) is 4.95. The zero-order valence-electron chi connectivity index (χ0n) is 12.3. The number of nitrogens with zero attached hydrogens (tertiary/aromatic N) is 3. The van der Waals surface area contributed by atoms with Crippen molar-refractivity contribution in [2.75, 3.05) is 7.05 Å². The summed E-state index contributed by atoms with van der Waals surface area (Å²) < 4.78 is 0. The lowest BCUT2D eigenvalue weighted by Gasteiger charge is -2.36. The fourth-order valence-electron chi connectivity index (χ4n) is 3.18. The minimum absolute atomic E-state index is 0.0747. The molecule has 20 heavy (non-hydrogen) atoms. The van der Waals surface area contributed by atoms with Crippen molar-refractivity contribution in [2.24, 2.45) is 16.8 Å². The van der Waals surface area contributed by atoms with Gasteiger partial charge in [-0.3, -0.25) is 9.88 Å². The molecule has 1 heterocycles. The molecule has 2 atom stereocenters. The van der Waals surface area contributed by atoms with Gasteiger partial charge in [-0.05, 0) is 37.4 Å². The van der Waals surface area contributed by atoms with Gasteiger partial charge in [-0.1, -0.05) is 31.0 Å². The minimum atomic E-state index is 0.0747. The van der Waals surface area contributed by atoms with Crippen molar-refractivity contribution < 1.29 is 5.21 Å². The quantitative estimate of drug-likeness (QED) is 0.382. The van der Waals surface area contributed by atoms with Gasteiger partial charge in [0, 0.05) is 18.8 Å². The Bertz CT molecular complexity index is 475. The minimum Gasteiger partial charge on any atom is -0.409 e. The molecule has 0 aliphatic heterocycles. The molecule has 1 aliphatic carbocycles. The first-order valence-electron chi connectivity index (χ1n) is 7.25. The van der Waals surface area contributed by atoms with Crippen LogP contribution in [0.2, 0.25) is 0 Å². The van der Waals surface area contributed by atoms with Crippen LogP contribution in [-0.4, -0.2) is 34.0 Å². The van der Waals surface area contributed by atoms with E-state index >= 15 is 0 Å². The van der Waals surface area contributed by atoms with E-state index in [4.69, 9.17) is 10.9 Å². The van der Waals surface area contributed by atoms with Crippen LogP contribution in [0.3, 0.4) is 0 Å². The number of oxime groups is 1. The van der Waals surface area contributed by atoms with Crippen LogP contribution in [-0.2, 0) is 6.54 Å². The molecule has 1 aromatic heterocycles. The molecule has 5 nitrogen and oxygen atoms in total. The van der Waals surface area contributed by atoms with E-state index in [0.29, 0.717) is 11.7 Å². The molecule has 0 amide bonds. The molecule has 0 radical (unpaired) electrons. The smallest absolute Gasteiger partial charge is 0.189 e. The second-order valence-electron chi connectivity index (χ2n) is 5.74. The Morgan fingerprint density at radius 1 is 1.50 bits per heavy atom. The third-order valence-corrected chi connectivity index (χ3v) is 4.29. The van der Waals surface area contributed by atoms with Crippen molar-refractivity contribution in [3.05, 3.63) is 29.6 Å². The van der Waals surface area contributed by atoms with Gasteiger partial charge in [0.1, 0.15) is 5.69 Å². The number of nitrogens with two attached hydrogens (primary N) is 1. The highest BCUT2D eigenvalue weighted by atomic mass is 16.4. The number of aromatic nitrogens is 1. The number of rotatable bonds is 4. The van der Waals surface area contributed by atoms with Gasteiger partial charge < -0.3 is 10.9 Å². The summed E-state index contributed by atoms with van der Waals surface area (Å²) >= 11 is 0. The lowest BCUT2D eigenvalue weighted by atomic mass is 9.85. The van der Waals surface area contributed by atoms with Crippen LogP contribution in [0.4, 0.5) is 0 Å². The van der Waals surface area contributed by atoms with Crippen molar-refractivity contribution in [2.45, 2.75) is 45.2 Å². The number of hydrogen-bond acceptors (Lipinski definition) is 4. The highest BCUT2D eigenvalue weighted by Gasteiger charge is 2.25. The molecule has 1 saturated carbocycles. The van der Waals surface area contributed by atoms with Crippen molar-refractivity contribution in [3.63, 3.8) is 0 Å². The molecule has 0 saturated heterocycles. The summed E-state index contributed by atoms with van der Waals surface area (Å²) in [5.74, 6) is 0.795. The summed E-state index contributed by atoms with van der Waals surface area (Å²) in [4.78, 5) is 6.59. The lowest BCUT2D eigenvalue weighted by molar-refractivity contribution is 0.133. The maximum absolute atomic E-state index is 8.85. The Morgan fingerprint density at radius 2 is 2.25 bits per heavy atom. The second-order valence-corrected chi connectivity index (χ2v) is 5.74. The van der Waals surface area contributed by atoms with Crippen molar-refractivity contribution in [1.82, 2.24) is 9.88 Å². The molecular formula is C15H24N4O. The van der Waals surface area contributed by atoms with E-state index in [1.807, 2.05) is 12.1 Å². The predicted octanol–water partition coefficient (Wildman–Crippen LogP) is 2.19. The maximum Gasteiger partial charge on any atom is 0.189 e. The molecule has 1 fully saturated rings. The molecular weight excluding hydrogens is 252 g/mol. The van der Waals surface area contributed by atoms with Gasteiger partial charge in [-0.2, -0.15) is 0 Å². The van der Waals surface area contributed by atoms with Gasteiger partial charge in [0.25, 0.3) is 0 Å². The molecule has 0 spiro atoms. The first kappa shape index (κ1) is 14.8. The summed E-state index contributed by atoms with van der Waals surface area (Å²) in [6.45, 7) is 3.10. The standard InChI is InChI=1S/C15H24N4O/c1-11-6-3-4-8-13(11)19(2)10-12-7-5-9-17-14(12)15(16)18-20/h5,7,9,11,13,20H,3-4,6,8,10H2,1-2H3,(H2,16,18). The van der Waals surface area contributed by atoms with Crippen LogP contribution in [0.25, 0.3) is 0 Å². The van der Waals surface area contributed by atoms with Gasteiger partial charge in [0.05, 0.1) is 0 Å². The molecule has 0 aromatic carbocycles. The van der Waals surface area contributed by atoms with Crippen LogP contribution >= 0.6 is 0 Å². The molecule has 2 rings (SSSR count). The normalized spacial score (nSPS) is 24.1. The van der Waals surface area contributed by atoms with E-state index in [9.17, 15) is 0 Å². The summed E-state index contributed by atoms with van der Waals surface area (Å²) in [6, 6.07) is 4.48. The molecule has 3 N–H and O–H groups in total. The van der Waals surface area contributed by atoms with E-state index in [1.54, 1.807) is 6.20 Å². The van der Waals surface area contributed by atoms with Gasteiger partial charge in [-0.15, -0.1) is 0 Å². The van der Waals surface area contributed by atoms with E-state index < -0.39 is 0 Å². The zero-order chi connectivity index (χ0) is 14.5. The number of pyridine rings is 1. The second kappa shape index (κ2) is 6.70. The van der Waals surface area contributed by atoms with Gasteiger partial charge >= 0.3 is 0 Å². The third-order valence-electron chi connectivity index (χ3n) is 4.29. The molecule has 1 aromatic rings. The van der Waals surface area contributed by atoms with E-state index in [0.717, 1.165) is 18.0 Å². The first-order chi connectivity index (χ1) is 9.63. The van der Waals surface area contributed by atoms with Gasteiger partial charge in [-0.25, -0.2) is 0 Å². The first-order valence-corrected chi connectivity index (χ1v) is 7.25. The van der Waals surface area contributed by atoms with Crippen LogP contribution in [0.5, 0.6) is 0 Å². The van der Waals surface area contributed by atoms with Crippen molar-refractivity contribution in [1.29, 1.82) is 0 Å². The third kappa shape index (κ3) is 3.28. The summed E-state index contributed by atoms with van der Waals surface area (Å²) in [6.07, 6.45) is 6.86. The zero-order valence-corrected chi connectivity index (χ0v) is 12.3. The Balaban J connectivity index is 2.13. The maximum atomic E-state index is 8.85.